The van der Waals surface area contributed by atoms with Crippen LogP contribution in [0.5, 0.6) is 0 Å². The van der Waals surface area contributed by atoms with Crippen molar-refractivity contribution in [2.45, 2.75) is 31.0 Å². The number of hydrogen-bond donors (Lipinski definition) is 1. The number of amides is 1. The second kappa shape index (κ2) is 6.25. The fourth-order valence-electron chi connectivity index (χ4n) is 2.91. The van der Waals surface area contributed by atoms with Crippen LogP contribution in [0, 0.1) is 0 Å². The molecular weight excluding hydrogens is 327 g/mol. The molecule has 0 aliphatic carbocycles. The predicted octanol–water partition coefficient (Wildman–Crippen LogP) is 1.27. The first-order valence-corrected chi connectivity index (χ1v) is 7.48. The first kappa shape index (κ1) is 16.5. The van der Waals surface area contributed by atoms with Gasteiger partial charge < -0.3 is 15.1 Å². The zero-order valence-electron chi connectivity index (χ0n) is 12.7. The van der Waals surface area contributed by atoms with Gasteiger partial charge in [0.2, 0.25) is 0 Å². The van der Waals surface area contributed by atoms with Crippen molar-refractivity contribution in [2.75, 3.05) is 24.5 Å². The summed E-state index contributed by atoms with van der Waals surface area (Å²) in [6.07, 6.45) is 0.273. The van der Waals surface area contributed by atoms with Crippen LogP contribution < -0.4 is 10.2 Å². The Morgan fingerprint density at radius 1 is 1.46 bits per heavy atom. The van der Waals surface area contributed by atoms with Crippen molar-refractivity contribution < 1.29 is 22.8 Å². The van der Waals surface area contributed by atoms with Gasteiger partial charge in [-0.2, -0.15) is 13.2 Å². The van der Waals surface area contributed by atoms with Gasteiger partial charge in [-0.1, -0.05) is 5.16 Å². The Bertz CT molecular complexity index is 637. The summed E-state index contributed by atoms with van der Waals surface area (Å²) in [4.78, 5) is 27.3. The molecule has 1 atom stereocenters. The molecule has 1 aromatic heterocycles. The molecule has 130 valence electrons. The molecule has 0 radical (unpaired) electrons. The fraction of sp³-hybridized carbons (Fsp3) is 0.571. The number of piperidine rings is 1. The van der Waals surface area contributed by atoms with Crippen molar-refractivity contribution in [3.8, 4) is 0 Å². The number of hydrogen-bond acceptors (Lipinski definition) is 6. The van der Waals surface area contributed by atoms with Crippen LogP contribution in [0.15, 0.2) is 23.7 Å². The molecule has 1 saturated heterocycles. The largest absolute Gasteiger partial charge is 0.405 e. The minimum Gasteiger partial charge on any atom is -0.386 e. The van der Waals surface area contributed by atoms with E-state index in [0.717, 1.165) is 18.8 Å². The molecule has 0 aromatic carbocycles. The van der Waals surface area contributed by atoms with Crippen LogP contribution in [0.4, 0.5) is 19.0 Å². The quantitative estimate of drug-likeness (QED) is 0.894. The van der Waals surface area contributed by atoms with Crippen LogP contribution in [0.2, 0.25) is 0 Å². The van der Waals surface area contributed by atoms with Crippen molar-refractivity contribution in [2.24, 2.45) is 5.16 Å². The maximum absolute atomic E-state index is 12.2. The van der Waals surface area contributed by atoms with Crippen molar-refractivity contribution >= 4 is 17.4 Å². The fourth-order valence-corrected chi connectivity index (χ4v) is 2.91. The number of rotatable bonds is 3. The molecule has 0 saturated carbocycles. The Morgan fingerprint density at radius 2 is 2.29 bits per heavy atom. The van der Waals surface area contributed by atoms with Crippen LogP contribution in [0.1, 0.15) is 19.3 Å². The molecule has 1 aromatic rings. The lowest BCUT2D eigenvalue weighted by Crippen LogP contribution is -2.49. The van der Waals surface area contributed by atoms with E-state index < -0.39 is 24.2 Å². The lowest BCUT2D eigenvalue weighted by molar-refractivity contribution is -0.134. The van der Waals surface area contributed by atoms with Gasteiger partial charge in [-0.05, 0) is 18.9 Å². The van der Waals surface area contributed by atoms with Gasteiger partial charge in [0.05, 0.1) is 6.54 Å². The van der Waals surface area contributed by atoms with E-state index in [2.05, 4.69) is 15.1 Å². The van der Waals surface area contributed by atoms with E-state index in [1.807, 2.05) is 10.2 Å². The lowest BCUT2D eigenvalue weighted by atomic mass is 9.88. The molecule has 1 amide bonds. The monoisotopic (exact) mass is 343 g/mol. The van der Waals surface area contributed by atoms with E-state index in [4.69, 9.17) is 4.84 Å². The van der Waals surface area contributed by atoms with Crippen LogP contribution >= 0.6 is 0 Å². The molecule has 3 heterocycles. The average molecular weight is 343 g/mol. The molecule has 2 aliphatic heterocycles. The molecule has 1 spiro atoms. The van der Waals surface area contributed by atoms with Crippen molar-refractivity contribution in [1.29, 1.82) is 0 Å². The number of carbonyl (C=O) groups is 1. The molecule has 24 heavy (non-hydrogen) atoms. The number of halogens is 3. The van der Waals surface area contributed by atoms with E-state index in [1.165, 1.54) is 6.33 Å². The molecule has 0 unspecified atom stereocenters. The highest BCUT2D eigenvalue weighted by Crippen LogP contribution is 2.34. The third-order valence-electron chi connectivity index (χ3n) is 3.98. The Balaban J connectivity index is 1.61. The number of aromatic nitrogens is 2. The minimum atomic E-state index is -4.46. The van der Waals surface area contributed by atoms with Crippen LogP contribution in [0.25, 0.3) is 0 Å². The normalized spacial score (nSPS) is 23.8. The van der Waals surface area contributed by atoms with Gasteiger partial charge in [0, 0.05) is 19.2 Å². The summed E-state index contributed by atoms with van der Waals surface area (Å²) < 4.78 is 36.6. The van der Waals surface area contributed by atoms with E-state index >= 15 is 0 Å². The summed E-state index contributed by atoms with van der Waals surface area (Å²) in [6.45, 7) is -0.147. The molecule has 1 fully saturated rings. The van der Waals surface area contributed by atoms with Gasteiger partial charge in [0.25, 0.3) is 5.91 Å². The molecule has 1 N–H and O–H groups in total. The Morgan fingerprint density at radius 3 is 3.00 bits per heavy atom. The number of anilines is 1. The molecule has 3 rings (SSSR count). The first-order chi connectivity index (χ1) is 11.4. The van der Waals surface area contributed by atoms with E-state index in [0.29, 0.717) is 13.0 Å². The SMILES string of the molecule is O=C(NCC(F)(F)F)C1=NO[C@@]2(CCCN(c3ccncn3)C2)C1. The summed E-state index contributed by atoms with van der Waals surface area (Å²) in [5.74, 6) is -0.106. The molecule has 7 nitrogen and oxygen atoms in total. The number of nitrogens with one attached hydrogen (secondary N) is 1. The maximum Gasteiger partial charge on any atom is 0.405 e. The second-order valence-electron chi connectivity index (χ2n) is 5.88. The highest BCUT2D eigenvalue weighted by Gasteiger charge is 2.45. The van der Waals surface area contributed by atoms with Crippen molar-refractivity contribution in [3.05, 3.63) is 18.6 Å². The zero-order chi connectivity index (χ0) is 17.2. The second-order valence-corrected chi connectivity index (χ2v) is 5.88. The summed E-state index contributed by atoms with van der Waals surface area (Å²) in [7, 11) is 0. The van der Waals surface area contributed by atoms with Crippen molar-refractivity contribution in [1.82, 2.24) is 15.3 Å². The van der Waals surface area contributed by atoms with Gasteiger partial charge in [-0.3, -0.25) is 4.79 Å². The summed E-state index contributed by atoms with van der Waals surface area (Å²) in [6, 6.07) is 1.77. The standard InChI is InChI=1S/C14H16F3N5O2/c15-14(16,17)7-19-12(23)10-6-13(24-21-10)3-1-5-22(8-13)11-2-4-18-9-20-11/h2,4,9H,1,3,5-8H2,(H,19,23)/t13-/m0/s1. The molecule has 2 aliphatic rings. The van der Waals surface area contributed by atoms with Crippen LogP contribution in [0.3, 0.4) is 0 Å². The Hall–Kier alpha value is -2.39. The highest BCUT2D eigenvalue weighted by atomic mass is 19.4. The number of alkyl halides is 3. The number of carbonyl (C=O) groups excluding carboxylic acids is 1. The third-order valence-corrected chi connectivity index (χ3v) is 3.98. The van der Waals surface area contributed by atoms with E-state index in [-0.39, 0.29) is 12.1 Å². The lowest BCUT2D eigenvalue weighted by Gasteiger charge is -2.38. The van der Waals surface area contributed by atoms with Gasteiger partial charge in [-0.25, -0.2) is 9.97 Å². The average Bonchev–Trinajstić information content (AvgIpc) is 2.96. The highest BCUT2D eigenvalue weighted by molar-refractivity contribution is 6.39. The number of oxime groups is 1. The van der Waals surface area contributed by atoms with Gasteiger partial charge in [0.1, 0.15) is 24.4 Å². The first-order valence-electron chi connectivity index (χ1n) is 7.48. The predicted molar refractivity (Wildman–Crippen MR) is 78.4 cm³/mol. The zero-order valence-corrected chi connectivity index (χ0v) is 12.7. The van der Waals surface area contributed by atoms with E-state index in [9.17, 15) is 18.0 Å². The third kappa shape index (κ3) is 3.74. The maximum atomic E-state index is 12.2. The van der Waals surface area contributed by atoms with Gasteiger partial charge in [0.15, 0.2) is 5.60 Å². The summed E-state index contributed by atoms with van der Waals surface area (Å²) >= 11 is 0. The van der Waals surface area contributed by atoms with Gasteiger partial charge >= 0.3 is 6.18 Å². The molecule has 10 heteroatoms. The van der Waals surface area contributed by atoms with Gasteiger partial charge in [-0.15, -0.1) is 0 Å². The Kier molecular flexibility index (Phi) is 4.29. The van der Waals surface area contributed by atoms with Crippen LogP contribution in [-0.4, -0.2) is 53.0 Å². The number of nitrogens with zero attached hydrogens (tertiary/aromatic N) is 4. The molecular formula is C14H16F3N5O2. The smallest absolute Gasteiger partial charge is 0.386 e. The summed E-state index contributed by atoms with van der Waals surface area (Å²) in [5, 5.41) is 5.54. The van der Waals surface area contributed by atoms with E-state index in [1.54, 1.807) is 12.3 Å². The van der Waals surface area contributed by atoms with Crippen LogP contribution in [-0.2, 0) is 9.63 Å². The summed E-state index contributed by atoms with van der Waals surface area (Å²) in [5.41, 5.74) is -0.711. The molecule has 0 bridgehead atoms. The minimum absolute atomic E-state index is 0.0104. The Labute approximate surface area is 135 Å². The van der Waals surface area contributed by atoms with Crippen molar-refractivity contribution in [3.63, 3.8) is 0 Å². The topological polar surface area (TPSA) is 79.7 Å².